The van der Waals surface area contributed by atoms with E-state index in [1.165, 1.54) is 17.9 Å². The first kappa shape index (κ1) is 7.23. The molecular weight excluding hydrogens is 138 g/mol. The average Bonchev–Trinajstić information content (AvgIpc) is 2.10. The summed E-state index contributed by atoms with van der Waals surface area (Å²) < 4.78 is 13.6. The minimum Gasteiger partial charge on any atom is -0.423 e. The van der Waals surface area contributed by atoms with Gasteiger partial charge in [-0.2, -0.15) is 4.39 Å². The lowest BCUT2D eigenvalue weighted by atomic mass is 9.83. The molecule has 0 amide bonds. The first-order valence-corrected chi connectivity index (χ1v) is 2.66. The SMILES string of the molecule is Cn1cc(B(O)O)c(F)n1. The number of hydrogen-bond acceptors (Lipinski definition) is 3. The number of aromatic nitrogens is 2. The maximum Gasteiger partial charge on any atom is 0.494 e. The number of halogens is 1. The van der Waals surface area contributed by atoms with Crippen molar-refractivity contribution in [3.05, 3.63) is 12.1 Å². The van der Waals surface area contributed by atoms with Crippen molar-refractivity contribution >= 4 is 12.6 Å². The fourth-order valence-electron chi connectivity index (χ4n) is 0.653. The highest BCUT2D eigenvalue weighted by Gasteiger charge is 2.19. The molecule has 1 aromatic heterocycles. The van der Waals surface area contributed by atoms with Crippen molar-refractivity contribution in [2.75, 3.05) is 0 Å². The highest BCUT2D eigenvalue weighted by atomic mass is 19.1. The predicted molar refractivity (Wildman–Crippen MR) is 33.0 cm³/mol. The molecule has 1 aromatic rings. The molecule has 0 radical (unpaired) electrons. The van der Waals surface area contributed by atoms with Crippen LogP contribution in [0.25, 0.3) is 0 Å². The lowest BCUT2D eigenvalue weighted by molar-refractivity contribution is 0.422. The molecule has 6 heteroatoms. The van der Waals surface area contributed by atoms with E-state index in [1.54, 1.807) is 0 Å². The van der Waals surface area contributed by atoms with Crippen LogP contribution in [0.3, 0.4) is 0 Å². The van der Waals surface area contributed by atoms with Gasteiger partial charge in [-0.15, -0.1) is 5.10 Å². The summed E-state index contributed by atoms with van der Waals surface area (Å²) >= 11 is 0. The molecule has 54 valence electrons. The summed E-state index contributed by atoms with van der Waals surface area (Å²) in [5, 5.41) is 20.2. The van der Waals surface area contributed by atoms with Gasteiger partial charge in [0.1, 0.15) is 0 Å². The summed E-state index contributed by atoms with van der Waals surface area (Å²) in [4.78, 5) is 0. The Morgan fingerprint density at radius 2 is 2.30 bits per heavy atom. The Morgan fingerprint density at radius 1 is 1.70 bits per heavy atom. The monoisotopic (exact) mass is 144 g/mol. The average molecular weight is 144 g/mol. The molecule has 0 aromatic carbocycles. The molecule has 10 heavy (non-hydrogen) atoms. The van der Waals surface area contributed by atoms with E-state index in [9.17, 15) is 4.39 Å². The lowest BCUT2D eigenvalue weighted by Gasteiger charge is -1.88. The van der Waals surface area contributed by atoms with Gasteiger partial charge in [0.05, 0.1) is 5.46 Å². The van der Waals surface area contributed by atoms with Crippen LogP contribution in [0, 0.1) is 5.95 Å². The van der Waals surface area contributed by atoms with Crippen LogP contribution in [-0.4, -0.2) is 26.9 Å². The van der Waals surface area contributed by atoms with Gasteiger partial charge in [-0.3, -0.25) is 4.68 Å². The molecule has 0 saturated heterocycles. The smallest absolute Gasteiger partial charge is 0.423 e. The van der Waals surface area contributed by atoms with E-state index in [-0.39, 0.29) is 5.46 Å². The number of nitrogens with zero attached hydrogens (tertiary/aromatic N) is 2. The zero-order valence-corrected chi connectivity index (χ0v) is 5.32. The third-order valence-electron chi connectivity index (χ3n) is 1.09. The maximum absolute atomic E-state index is 12.4. The third-order valence-corrected chi connectivity index (χ3v) is 1.09. The second kappa shape index (κ2) is 2.39. The second-order valence-electron chi connectivity index (χ2n) is 1.92. The van der Waals surface area contributed by atoms with Gasteiger partial charge in [0.15, 0.2) is 0 Å². The molecule has 0 spiro atoms. The van der Waals surface area contributed by atoms with E-state index >= 15 is 0 Å². The van der Waals surface area contributed by atoms with Gasteiger partial charge in [-0.05, 0) is 0 Å². The molecule has 1 heterocycles. The number of hydrogen-bond donors (Lipinski definition) is 2. The molecule has 0 fully saturated rings. The van der Waals surface area contributed by atoms with Crippen molar-refractivity contribution in [2.24, 2.45) is 7.05 Å². The van der Waals surface area contributed by atoms with E-state index in [4.69, 9.17) is 10.0 Å². The molecule has 0 atom stereocenters. The fourth-order valence-corrected chi connectivity index (χ4v) is 0.653. The van der Waals surface area contributed by atoms with Crippen LogP contribution in [0.2, 0.25) is 0 Å². The molecular formula is C4H6BFN2O2. The first-order chi connectivity index (χ1) is 4.61. The molecule has 0 aliphatic rings. The quantitative estimate of drug-likeness (QED) is 0.459. The normalized spacial score (nSPS) is 10.0. The Bertz CT molecular complexity index is 237. The van der Waals surface area contributed by atoms with Gasteiger partial charge in [-0.1, -0.05) is 0 Å². The van der Waals surface area contributed by atoms with E-state index in [2.05, 4.69) is 5.10 Å². The standard InChI is InChI=1S/C4H6BFN2O2/c1-8-2-3(5(9)10)4(6)7-8/h2,9-10H,1H3. The van der Waals surface area contributed by atoms with Gasteiger partial charge >= 0.3 is 7.12 Å². The van der Waals surface area contributed by atoms with Gasteiger partial charge in [0.2, 0.25) is 5.95 Å². The van der Waals surface area contributed by atoms with Gasteiger partial charge in [0.25, 0.3) is 0 Å². The molecule has 2 N–H and O–H groups in total. The van der Waals surface area contributed by atoms with Crippen LogP contribution in [-0.2, 0) is 7.05 Å². The van der Waals surface area contributed by atoms with Crippen LogP contribution in [0.1, 0.15) is 0 Å². The summed E-state index contributed by atoms with van der Waals surface area (Å²) in [6.07, 6.45) is 1.21. The van der Waals surface area contributed by atoms with Crippen molar-refractivity contribution < 1.29 is 14.4 Å². The summed E-state index contributed by atoms with van der Waals surface area (Å²) in [5.41, 5.74) is -0.206. The maximum atomic E-state index is 12.4. The summed E-state index contributed by atoms with van der Waals surface area (Å²) in [5.74, 6) is -0.850. The topological polar surface area (TPSA) is 58.3 Å². The van der Waals surface area contributed by atoms with Crippen molar-refractivity contribution in [3.63, 3.8) is 0 Å². The second-order valence-corrected chi connectivity index (χ2v) is 1.92. The summed E-state index contributed by atoms with van der Waals surface area (Å²) in [6, 6.07) is 0. The van der Waals surface area contributed by atoms with Gasteiger partial charge in [-0.25, -0.2) is 0 Å². The highest BCUT2D eigenvalue weighted by molar-refractivity contribution is 6.58. The first-order valence-electron chi connectivity index (χ1n) is 2.66. The minimum atomic E-state index is -1.78. The van der Waals surface area contributed by atoms with Crippen molar-refractivity contribution in [3.8, 4) is 0 Å². The molecule has 0 aliphatic heterocycles. The van der Waals surface area contributed by atoms with E-state index in [0.717, 1.165) is 0 Å². The number of aryl methyl sites for hydroxylation is 1. The summed E-state index contributed by atoms with van der Waals surface area (Å²) in [6.45, 7) is 0. The Hall–Kier alpha value is -0.875. The predicted octanol–water partition coefficient (Wildman–Crippen LogP) is -1.76. The van der Waals surface area contributed by atoms with Crippen molar-refractivity contribution in [1.29, 1.82) is 0 Å². The minimum absolute atomic E-state index is 0.206. The Labute approximate surface area is 57.1 Å². The molecule has 0 unspecified atom stereocenters. The highest BCUT2D eigenvalue weighted by Crippen LogP contribution is 1.87. The molecule has 0 bridgehead atoms. The van der Waals surface area contributed by atoms with Gasteiger partial charge < -0.3 is 10.0 Å². The van der Waals surface area contributed by atoms with Crippen LogP contribution in [0.5, 0.6) is 0 Å². The van der Waals surface area contributed by atoms with Crippen molar-refractivity contribution in [2.45, 2.75) is 0 Å². The summed E-state index contributed by atoms with van der Waals surface area (Å²) in [7, 11) is -0.289. The van der Waals surface area contributed by atoms with E-state index < -0.39 is 13.1 Å². The molecule has 4 nitrogen and oxygen atoms in total. The largest absolute Gasteiger partial charge is 0.494 e. The Balaban J connectivity index is 3.03. The fraction of sp³-hybridized carbons (Fsp3) is 0.250. The van der Waals surface area contributed by atoms with Crippen molar-refractivity contribution in [1.82, 2.24) is 9.78 Å². The van der Waals surface area contributed by atoms with E-state index in [1.807, 2.05) is 0 Å². The third kappa shape index (κ3) is 1.17. The Morgan fingerprint density at radius 3 is 2.50 bits per heavy atom. The Kier molecular flexibility index (Phi) is 1.73. The molecule has 0 aliphatic carbocycles. The van der Waals surface area contributed by atoms with Gasteiger partial charge in [0, 0.05) is 13.2 Å². The zero-order valence-electron chi connectivity index (χ0n) is 5.32. The van der Waals surface area contributed by atoms with Crippen LogP contribution in [0.15, 0.2) is 6.20 Å². The van der Waals surface area contributed by atoms with Crippen LogP contribution in [0.4, 0.5) is 4.39 Å². The van der Waals surface area contributed by atoms with E-state index in [0.29, 0.717) is 0 Å². The van der Waals surface area contributed by atoms with Crippen LogP contribution >= 0.6 is 0 Å². The molecule has 0 saturated carbocycles. The zero-order chi connectivity index (χ0) is 7.72. The lowest BCUT2D eigenvalue weighted by Crippen LogP contribution is -2.31. The van der Waals surface area contributed by atoms with Crippen LogP contribution < -0.4 is 5.46 Å². The molecule has 1 rings (SSSR count). The number of rotatable bonds is 1.